The van der Waals surface area contributed by atoms with E-state index in [4.69, 9.17) is 4.74 Å². The lowest BCUT2D eigenvalue weighted by Gasteiger charge is -2.33. The standard InChI is InChI=1S/C15H22N2O3/c1-11-7-12(2)9-13(8-11)20-6-5-17-4-3-16-10-14(17)15(18)19/h7-9,14,16H,3-6,10H2,1-2H3,(H,18,19). The zero-order valence-corrected chi connectivity index (χ0v) is 12.1. The van der Waals surface area contributed by atoms with Gasteiger partial charge in [-0.2, -0.15) is 0 Å². The van der Waals surface area contributed by atoms with Crippen molar-refractivity contribution in [2.75, 3.05) is 32.8 Å². The molecule has 0 saturated carbocycles. The molecule has 1 saturated heterocycles. The van der Waals surface area contributed by atoms with Crippen molar-refractivity contribution in [1.29, 1.82) is 0 Å². The van der Waals surface area contributed by atoms with Gasteiger partial charge in [-0.15, -0.1) is 0 Å². The smallest absolute Gasteiger partial charge is 0.322 e. The fourth-order valence-electron chi connectivity index (χ4n) is 2.55. The van der Waals surface area contributed by atoms with E-state index < -0.39 is 12.0 Å². The van der Waals surface area contributed by atoms with Crippen LogP contribution in [0.25, 0.3) is 0 Å². The summed E-state index contributed by atoms with van der Waals surface area (Å²) in [5, 5.41) is 12.3. The van der Waals surface area contributed by atoms with Gasteiger partial charge in [0.25, 0.3) is 0 Å². The summed E-state index contributed by atoms with van der Waals surface area (Å²) < 4.78 is 5.74. The highest BCUT2D eigenvalue weighted by molar-refractivity contribution is 5.73. The zero-order chi connectivity index (χ0) is 14.5. The summed E-state index contributed by atoms with van der Waals surface area (Å²) in [7, 11) is 0. The number of aryl methyl sites for hydroxylation is 2. The predicted molar refractivity (Wildman–Crippen MR) is 77.3 cm³/mol. The van der Waals surface area contributed by atoms with Crippen molar-refractivity contribution in [2.45, 2.75) is 19.9 Å². The quantitative estimate of drug-likeness (QED) is 0.842. The Balaban J connectivity index is 1.86. The minimum absolute atomic E-state index is 0.452. The lowest BCUT2D eigenvalue weighted by Crippen LogP contribution is -2.55. The van der Waals surface area contributed by atoms with Crippen molar-refractivity contribution in [1.82, 2.24) is 10.2 Å². The van der Waals surface area contributed by atoms with Gasteiger partial charge in [-0.3, -0.25) is 9.69 Å². The van der Waals surface area contributed by atoms with E-state index in [1.807, 2.05) is 30.9 Å². The number of ether oxygens (including phenoxy) is 1. The summed E-state index contributed by atoms with van der Waals surface area (Å²) in [5.74, 6) is 0.0770. The Kier molecular flexibility index (Phi) is 4.98. The van der Waals surface area contributed by atoms with Crippen LogP contribution in [0.15, 0.2) is 18.2 Å². The largest absolute Gasteiger partial charge is 0.492 e. The molecule has 0 radical (unpaired) electrons. The first-order chi connectivity index (χ1) is 9.56. The number of aliphatic carboxylic acids is 1. The Bertz CT molecular complexity index is 456. The molecule has 1 aromatic rings. The van der Waals surface area contributed by atoms with Gasteiger partial charge in [0.1, 0.15) is 18.4 Å². The maximum atomic E-state index is 11.2. The molecular formula is C15H22N2O3. The maximum Gasteiger partial charge on any atom is 0.322 e. The molecule has 1 aliphatic rings. The summed E-state index contributed by atoms with van der Waals surface area (Å²) >= 11 is 0. The maximum absolute atomic E-state index is 11.2. The lowest BCUT2D eigenvalue weighted by atomic mass is 10.1. The van der Waals surface area contributed by atoms with E-state index in [2.05, 4.69) is 11.4 Å². The van der Waals surface area contributed by atoms with Crippen LogP contribution >= 0.6 is 0 Å². The number of rotatable bonds is 5. The van der Waals surface area contributed by atoms with Crippen LogP contribution < -0.4 is 10.1 Å². The zero-order valence-electron chi connectivity index (χ0n) is 12.1. The molecule has 1 aliphatic heterocycles. The molecule has 0 bridgehead atoms. The number of carboxylic acid groups (broad SMARTS) is 1. The first kappa shape index (κ1) is 14.8. The molecule has 5 nitrogen and oxygen atoms in total. The molecule has 1 unspecified atom stereocenters. The average molecular weight is 278 g/mol. The van der Waals surface area contributed by atoms with E-state index in [0.717, 1.165) is 18.8 Å². The Morgan fingerprint density at radius 3 is 2.75 bits per heavy atom. The second-order valence-corrected chi connectivity index (χ2v) is 5.27. The summed E-state index contributed by atoms with van der Waals surface area (Å²) in [6.07, 6.45) is 0. The van der Waals surface area contributed by atoms with E-state index in [1.54, 1.807) is 0 Å². The normalized spacial score (nSPS) is 19.8. The lowest BCUT2D eigenvalue weighted by molar-refractivity contribution is -0.144. The van der Waals surface area contributed by atoms with Crippen molar-refractivity contribution in [3.05, 3.63) is 29.3 Å². The second kappa shape index (κ2) is 6.72. The third-order valence-corrected chi connectivity index (χ3v) is 3.48. The molecule has 1 fully saturated rings. The van der Waals surface area contributed by atoms with Crippen LogP contribution in [0.4, 0.5) is 0 Å². The van der Waals surface area contributed by atoms with E-state index in [9.17, 15) is 9.90 Å². The molecule has 2 rings (SSSR count). The van der Waals surface area contributed by atoms with Gasteiger partial charge in [0, 0.05) is 26.2 Å². The van der Waals surface area contributed by atoms with Gasteiger partial charge in [-0.1, -0.05) is 6.07 Å². The summed E-state index contributed by atoms with van der Waals surface area (Å²) in [5.41, 5.74) is 2.34. The molecule has 20 heavy (non-hydrogen) atoms. The molecular weight excluding hydrogens is 256 g/mol. The highest BCUT2D eigenvalue weighted by Gasteiger charge is 2.27. The van der Waals surface area contributed by atoms with Gasteiger partial charge in [0.15, 0.2) is 0 Å². The SMILES string of the molecule is Cc1cc(C)cc(OCCN2CCNCC2C(=O)O)c1. The third-order valence-electron chi connectivity index (χ3n) is 3.48. The monoisotopic (exact) mass is 278 g/mol. The van der Waals surface area contributed by atoms with Gasteiger partial charge in [-0.25, -0.2) is 0 Å². The Hall–Kier alpha value is -1.59. The number of piperazine rings is 1. The molecule has 2 N–H and O–H groups in total. The first-order valence-electron chi connectivity index (χ1n) is 6.95. The summed E-state index contributed by atoms with van der Waals surface area (Å²) in [6, 6.07) is 5.65. The van der Waals surface area contributed by atoms with Gasteiger partial charge < -0.3 is 15.2 Å². The van der Waals surface area contributed by atoms with Crippen LogP contribution in [0.1, 0.15) is 11.1 Å². The van der Waals surface area contributed by atoms with Crippen LogP contribution in [0.3, 0.4) is 0 Å². The van der Waals surface area contributed by atoms with E-state index >= 15 is 0 Å². The van der Waals surface area contributed by atoms with Crippen molar-refractivity contribution in [3.8, 4) is 5.75 Å². The minimum Gasteiger partial charge on any atom is -0.492 e. The first-order valence-corrected chi connectivity index (χ1v) is 6.95. The minimum atomic E-state index is -0.774. The van der Waals surface area contributed by atoms with Crippen LogP contribution in [-0.4, -0.2) is 54.8 Å². The molecule has 0 spiro atoms. The summed E-state index contributed by atoms with van der Waals surface area (Å²) in [6.45, 7) is 7.28. The molecule has 110 valence electrons. The number of nitrogens with one attached hydrogen (secondary N) is 1. The van der Waals surface area contributed by atoms with Crippen molar-refractivity contribution >= 4 is 5.97 Å². The van der Waals surface area contributed by atoms with Crippen molar-refractivity contribution in [3.63, 3.8) is 0 Å². The molecule has 0 aromatic heterocycles. The van der Waals surface area contributed by atoms with E-state index in [0.29, 0.717) is 19.7 Å². The van der Waals surface area contributed by atoms with Gasteiger partial charge in [0.05, 0.1) is 0 Å². The fraction of sp³-hybridized carbons (Fsp3) is 0.533. The number of carbonyl (C=O) groups is 1. The Morgan fingerprint density at radius 2 is 2.10 bits per heavy atom. The fourth-order valence-corrected chi connectivity index (χ4v) is 2.55. The van der Waals surface area contributed by atoms with Crippen molar-refractivity contribution < 1.29 is 14.6 Å². The molecule has 0 aliphatic carbocycles. The highest BCUT2D eigenvalue weighted by Crippen LogP contribution is 2.16. The number of hydrogen-bond donors (Lipinski definition) is 2. The highest BCUT2D eigenvalue weighted by atomic mass is 16.5. The Labute approximate surface area is 119 Å². The van der Waals surface area contributed by atoms with Gasteiger partial charge in [0.2, 0.25) is 0 Å². The topological polar surface area (TPSA) is 61.8 Å². The van der Waals surface area contributed by atoms with Crippen LogP contribution in [0.2, 0.25) is 0 Å². The molecule has 0 amide bonds. The number of carboxylic acids is 1. The molecule has 1 heterocycles. The predicted octanol–water partition coefficient (Wildman–Crippen LogP) is 1.04. The van der Waals surface area contributed by atoms with E-state index in [-0.39, 0.29) is 0 Å². The number of nitrogens with zero attached hydrogens (tertiary/aromatic N) is 1. The number of benzene rings is 1. The van der Waals surface area contributed by atoms with Crippen LogP contribution in [-0.2, 0) is 4.79 Å². The van der Waals surface area contributed by atoms with Gasteiger partial charge >= 0.3 is 5.97 Å². The average Bonchev–Trinajstić information content (AvgIpc) is 2.38. The van der Waals surface area contributed by atoms with Crippen molar-refractivity contribution in [2.24, 2.45) is 0 Å². The summed E-state index contributed by atoms with van der Waals surface area (Å²) in [4.78, 5) is 13.1. The number of hydrogen-bond acceptors (Lipinski definition) is 4. The second-order valence-electron chi connectivity index (χ2n) is 5.27. The molecule has 5 heteroatoms. The van der Waals surface area contributed by atoms with Crippen LogP contribution in [0, 0.1) is 13.8 Å². The van der Waals surface area contributed by atoms with E-state index in [1.165, 1.54) is 11.1 Å². The van der Waals surface area contributed by atoms with Gasteiger partial charge in [-0.05, 0) is 37.1 Å². The molecule has 1 aromatic carbocycles. The Morgan fingerprint density at radius 1 is 1.40 bits per heavy atom. The molecule has 1 atom stereocenters. The third kappa shape index (κ3) is 3.95. The van der Waals surface area contributed by atoms with Crippen LogP contribution in [0.5, 0.6) is 5.75 Å².